The maximum Gasteiger partial charge on any atom is 0.0731 e. The zero-order valence-electron chi connectivity index (χ0n) is 8.80. The normalized spacial score (nSPS) is 26.2. The standard InChI is InChI=1S/C11H16BrNS/c1-6-4-8(14-10(6)12)9(13)7-5-11(7,2)3/h4,7,9H,5,13H2,1-3H3. The van der Waals surface area contributed by atoms with Crippen LogP contribution in [0.2, 0.25) is 0 Å². The molecule has 0 amide bonds. The van der Waals surface area contributed by atoms with E-state index < -0.39 is 0 Å². The summed E-state index contributed by atoms with van der Waals surface area (Å²) >= 11 is 5.33. The Labute approximate surface area is 97.8 Å². The van der Waals surface area contributed by atoms with Gasteiger partial charge >= 0.3 is 0 Å². The number of thiophene rings is 1. The summed E-state index contributed by atoms with van der Waals surface area (Å²) in [6, 6.07) is 2.45. The van der Waals surface area contributed by atoms with Crippen LogP contribution >= 0.6 is 27.3 Å². The van der Waals surface area contributed by atoms with Crippen molar-refractivity contribution in [2.24, 2.45) is 17.1 Å². The Kier molecular flexibility index (Phi) is 2.53. The van der Waals surface area contributed by atoms with Crippen molar-refractivity contribution in [3.05, 3.63) is 20.3 Å². The largest absolute Gasteiger partial charge is 0.323 e. The molecule has 0 spiro atoms. The zero-order chi connectivity index (χ0) is 10.5. The molecule has 78 valence electrons. The minimum Gasteiger partial charge on any atom is -0.323 e. The van der Waals surface area contributed by atoms with Crippen molar-refractivity contribution in [3.8, 4) is 0 Å². The lowest BCUT2D eigenvalue weighted by atomic mass is 10.0. The number of aryl methyl sites for hydroxylation is 1. The van der Waals surface area contributed by atoms with Crippen molar-refractivity contribution in [2.45, 2.75) is 33.2 Å². The molecule has 2 rings (SSSR count). The Morgan fingerprint density at radius 2 is 2.21 bits per heavy atom. The van der Waals surface area contributed by atoms with Crippen molar-refractivity contribution in [1.29, 1.82) is 0 Å². The minimum absolute atomic E-state index is 0.236. The van der Waals surface area contributed by atoms with Crippen LogP contribution in [-0.4, -0.2) is 0 Å². The van der Waals surface area contributed by atoms with Gasteiger partial charge in [-0.15, -0.1) is 11.3 Å². The molecule has 2 unspecified atom stereocenters. The second-order valence-corrected chi connectivity index (χ2v) is 7.33. The summed E-state index contributed by atoms with van der Waals surface area (Å²) < 4.78 is 1.22. The van der Waals surface area contributed by atoms with E-state index in [0.29, 0.717) is 11.3 Å². The van der Waals surface area contributed by atoms with Crippen LogP contribution < -0.4 is 5.73 Å². The van der Waals surface area contributed by atoms with Crippen LogP contribution in [0, 0.1) is 18.3 Å². The number of hydrogen-bond donors (Lipinski definition) is 1. The smallest absolute Gasteiger partial charge is 0.0731 e. The van der Waals surface area contributed by atoms with E-state index in [1.54, 1.807) is 11.3 Å². The highest BCUT2D eigenvalue weighted by Crippen LogP contribution is 2.57. The van der Waals surface area contributed by atoms with Crippen LogP contribution in [-0.2, 0) is 0 Å². The molecule has 1 nitrogen and oxygen atoms in total. The Hall–Kier alpha value is 0.140. The number of hydrogen-bond acceptors (Lipinski definition) is 2. The lowest BCUT2D eigenvalue weighted by Gasteiger charge is -2.10. The van der Waals surface area contributed by atoms with Gasteiger partial charge in [0, 0.05) is 10.9 Å². The lowest BCUT2D eigenvalue weighted by molar-refractivity contribution is 0.496. The highest BCUT2D eigenvalue weighted by molar-refractivity contribution is 9.11. The Morgan fingerprint density at radius 1 is 1.64 bits per heavy atom. The number of halogens is 1. The zero-order valence-corrected chi connectivity index (χ0v) is 11.2. The van der Waals surface area contributed by atoms with Gasteiger partial charge in [-0.1, -0.05) is 13.8 Å². The summed E-state index contributed by atoms with van der Waals surface area (Å²) in [5, 5.41) is 0. The van der Waals surface area contributed by atoms with E-state index in [2.05, 4.69) is 42.8 Å². The van der Waals surface area contributed by atoms with Crippen LogP contribution in [0.15, 0.2) is 9.85 Å². The number of rotatable bonds is 2. The molecule has 0 radical (unpaired) electrons. The second kappa shape index (κ2) is 3.32. The molecular formula is C11H16BrNS. The third kappa shape index (κ3) is 1.77. The second-order valence-electron chi connectivity index (χ2n) is 4.93. The van der Waals surface area contributed by atoms with E-state index >= 15 is 0 Å². The average molecular weight is 274 g/mol. The summed E-state index contributed by atoms with van der Waals surface area (Å²) in [6.07, 6.45) is 1.27. The van der Waals surface area contributed by atoms with Gasteiger partial charge in [0.1, 0.15) is 0 Å². The van der Waals surface area contributed by atoms with E-state index in [9.17, 15) is 0 Å². The van der Waals surface area contributed by atoms with Gasteiger partial charge in [-0.3, -0.25) is 0 Å². The van der Waals surface area contributed by atoms with Crippen LogP contribution in [0.1, 0.15) is 36.8 Å². The minimum atomic E-state index is 0.236. The Balaban J connectivity index is 2.16. The molecule has 2 N–H and O–H groups in total. The van der Waals surface area contributed by atoms with E-state index in [1.807, 2.05) is 0 Å². The molecule has 14 heavy (non-hydrogen) atoms. The van der Waals surface area contributed by atoms with Gasteiger partial charge in [-0.05, 0) is 52.2 Å². The van der Waals surface area contributed by atoms with Gasteiger partial charge < -0.3 is 5.73 Å². The van der Waals surface area contributed by atoms with Crippen LogP contribution in [0.4, 0.5) is 0 Å². The SMILES string of the molecule is Cc1cc(C(N)C2CC2(C)C)sc1Br. The average Bonchev–Trinajstić information content (AvgIpc) is 2.59. The molecule has 1 aromatic rings. The summed E-state index contributed by atoms with van der Waals surface area (Å²) in [5.41, 5.74) is 8.01. The highest BCUT2D eigenvalue weighted by Gasteiger charge is 2.49. The van der Waals surface area contributed by atoms with E-state index in [4.69, 9.17) is 5.73 Å². The quantitative estimate of drug-likeness (QED) is 0.870. The van der Waals surface area contributed by atoms with Crippen molar-refractivity contribution in [3.63, 3.8) is 0 Å². The molecule has 1 heterocycles. The molecule has 1 fully saturated rings. The molecule has 3 heteroatoms. The van der Waals surface area contributed by atoms with E-state index in [0.717, 1.165) is 0 Å². The van der Waals surface area contributed by atoms with Crippen molar-refractivity contribution in [2.75, 3.05) is 0 Å². The number of nitrogens with two attached hydrogens (primary N) is 1. The topological polar surface area (TPSA) is 26.0 Å². The van der Waals surface area contributed by atoms with E-state index in [1.165, 1.54) is 20.6 Å². The van der Waals surface area contributed by atoms with Gasteiger partial charge in [-0.25, -0.2) is 0 Å². The predicted molar refractivity (Wildman–Crippen MR) is 65.6 cm³/mol. The fourth-order valence-corrected chi connectivity index (χ4v) is 3.61. The molecule has 0 bridgehead atoms. The summed E-state index contributed by atoms with van der Waals surface area (Å²) in [6.45, 7) is 6.72. The van der Waals surface area contributed by atoms with Gasteiger partial charge in [0.25, 0.3) is 0 Å². The molecule has 0 aromatic carbocycles. The Bertz CT molecular complexity index is 337. The van der Waals surface area contributed by atoms with E-state index in [-0.39, 0.29) is 6.04 Å². The summed E-state index contributed by atoms with van der Waals surface area (Å²) in [5.74, 6) is 0.674. The molecule has 1 aromatic heterocycles. The fourth-order valence-electron chi connectivity index (χ4n) is 1.97. The van der Waals surface area contributed by atoms with Crippen LogP contribution in [0.5, 0.6) is 0 Å². The van der Waals surface area contributed by atoms with Gasteiger partial charge in [0.2, 0.25) is 0 Å². The first-order valence-electron chi connectivity index (χ1n) is 4.93. The summed E-state index contributed by atoms with van der Waals surface area (Å²) in [7, 11) is 0. The first kappa shape index (κ1) is 10.7. The third-order valence-electron chi connectivity index (χ3n) is 3.23. The molecule has 0 saturated heterocycles. The van der Waals surface area contributed by atoms with Crippen LogP contribution in [0.25, 0.3) is 0 Å². The van der Waals surface area contributed by atoms with Crippen molar-refractivity contribution >= 4 is 27.3 Å². The third-order valence-corrected chi connectivity index (χ3v) is 5.47. The molecule has 2 atom stereocenters. The molecule has 0 aliphatic heterocycles. The Morgan fingerprint density at radius 3 is 2.57 bits per heavy atom. The van der Waals surface area contributed by atoms with Crippen molar-refractivity contribution < 1.29 is 0 Å². The van der Waals surface area contributed by atoms with Crippen LogP contribution in [0.3, 0.4) is 0 Å². The summed E-state index contributed by atoms with van der Waals surface area (Å²) in [4.78, 5) is 1.32. The molecular weight excluding hydrogens is 258 g/mol. The van der Waals surface area contributed by atoms with Gasteiger partial charge in [0.15, 0.2) is 0 Å². The first-order valence-corrected chi connectivity index (χ1v) is 6.54. The maximum absolute atomic E-state index is 6.25. The first-order chi connectivity index (χ1) is 6.42. The fraction of sp³-hybridized carbons (Fsp3) is 0.636. The highest BCUT2D eigenvalue weighted by atomic mass is 79.9. The molecule has 1 aliphatic rings. The molecule has 1 aliphatic carbocycles. The van der Waals surface area contributed by atoms with Crippen molar-refractivity contribution in [1.82, 2.24) is 0 Å². The molecule has 1 saturated carbocycles. The lowest BCUT2D eigenvalue weighted by Crippen LogP contribution is -2.13. The van der Waals surface area contributed by atoms with Gasteiger partial charge in [-0.2, -0.15) is 0 Å². The monoisotopic (exact) mass is 273 g/mol. The van der Waals surface area contributed by atoms with Gasteiger partial charge in [0.05, 0.1) is 3.79 Å². The predicted octanol–water partition coefficient (Wildman–Crippen LogP) is 3.86. The maximum atomic E-state index is 6.25.